The molecule has 6 heteroatoms. The van der Waals surface area contributed by atoms with E-state index in [1.165, 1.54) is 9.80 Å². The summed E-state index contributed by atoms with van der Waals surface area (Å²) in [5, 5.41) is 0. The number of amides is 3. The fraction of sp³-hybridized carbons (Fsp3) is 0.276. The molecule has 35 heavy (non-hydrogen) atoms. The molecule has 0 radical (unpaired) electrons. The zero-order chi connectivity index (χ0) is 24.8. The van der Waals surface area contributed by atoms with Crippen LogP contribution in [0.1, 0.15) is 37.3 Å². The van der Waals surface area contributed by atoms with Crippen molar-refractivity contribution in [3.05, 3.63) is 96.1 Å². The number of nitrogens with zero attached hydrogens (tertiary/aromatic N) is 2. The van der Waals surface area contributed by atoms with Gasteiger partial charge < -0.3 is 9.64 Å². The smallest absolute Gasteiger partial charge is 0.261 e. The highest BCUT2D eigenvalue weighted by Crippen LogP contribution is 2.28. The van der Waals surface area contributed by atoms with E-state index in [9.17, 15) is 14.4 Å². The molecule has 0 spiro atoms. The van der Waals surface area contributed by atoms with Crippen molar-refractivity contribution in [1.82, 2.24) is 4.90 Å². The van der Waals surface area contributed by atoms with Gasteiger partial charge in [0.1, 0.15) is 11.8 Å². The van der Waals surface area contributed by atoms with E-state index in [1.807, 2.05) is 60.7 Å². The first-order valence-corrected chi connectivity index (χ1v) is 11.9. The highest BCUT2D eigenvalue weighted by atomic mass is 16.5. The Morgan fingerprint density at radius 2 is 1.57 bits per heavy atom. The molecule has 0 aliphatic carbocycles. The molecule has 3 amide bonds. The van der Waals surface area contributed by atoms with Gasteiger partial charge in [-0.3, -0.25) is 14.4 Å². The molecule has 1 fully saturated rings. The van der Waals surface area contributed by atoms with Crippen molar-refractivity contribution >= 4 is 23.4 Å². The van der Waals surface area contributed by atoms with Crippen LogP contribution >= 0.6 is 0 Å². The largest absolute Gasteiger partial charge is 0.484 e. The van der Waals surface area contributed by atoms with Gasteiger partial charge in [-0.2, -0.15) is 0 Å². The molecule has 0 aromatic heterocycles. The van der Waals surface area contributed by atoms with Gasteiger partial charge in [-0.15, -0.1) is 0 Å². The van der Waals surface area contributed by atoms with E-state index in [1.54, 1.807) is 24.3 Å². The number of carbonyl (C=O) groups excluding carboxylic acids is 3. The molecule has 3 aromatic carbocycles. The number of carbonyl (C=O) groups is 3. The van der Waals surface area contributed by atoms with Crippen molar-refractivity contribution in [2.45, 2.75) is 38.6 Å². The Kier molecular flexibility index (Phi) is 7.60. The molecular weight excluding hydrogens is 440 g/mol. The number of hydrogen-bond acceptors (Lipinski definition) is 4. The molecule has 180 valence electrons. The molecule has 1 heterocycles. The highest BCUT2D eigenvalue weighted by molar-refractivity contribution is 6.23. The SMILES string of the molecule is CC(C)c1ccc(N2C(=O)CC(N(CCc3ccccc3)C(=O)COc3ccccc3)C2=O)cc1. The first-order valence-electron chi connectivity index (χ1n) is 11.9. The van der Waals surface area contributed by atoms with Gasteiger partial charge in [0.15, 0.2) is 6.61 Å². The van der Waals surface area contributed by atoms with E-state index in [2.05, 4.69) is 13.8 Å². The Bertz CT molecular complexity index is 1160. The maximum Gasteiger partial charge on any atom is 0.261 e. The predicted molar refractivity (Wildman–Crippen MR) is 135 cm³/mol. The van der Waals surface area contributed by atoms with Gasteiger partial charge in [-0.25, -0.2) is 4.90 Å². The second-order valence-corrected chi connectivity index (χ2v) is 8.96. The van der Waals surface area contributed by atoms with Crippen LogP contribution in [0.25, 0.3) is 0 Å². The second-order valence-electron chi connectivity index (χ2n) is 8.96. The molecular formula is C29H30N2O4. The van der Waals surface area contributed by atoms with Crippen LogP contribution in [0.2, 0.25) is 0 Å². The second kappa shape index (κ2) is 11.0. The number of benzene rings is 3. The Labute approximate surface area is 206 Å². The summed E-state index contributed by atoms with van der Waals surface area (Å²) < 4.78 is 5.67. The zero-order valence-corrected chi connectivity index (χ0v) is 20.1. The average molecular weight is 471 g/mol. The lowest BCUT2D eigenvalue weighted by molar-refractivity contribution is -0.140. The number of para-hydroxylation sites is 1. The van der Waals surface area contributed by atoms with Gasteiger partial charge in [-0.05, 0) is 47.7 Å². The summed E-state index contributed by atoms with van der Waals surface area (Å²) in [6, 6.07) is 25.4. The third kappa shape index (κ3) is 5.77. The fourth-order valence-corrected chi connectivity index (χ4v) is 4.23. The Morgan fingerprint density at radius 1 is 0.943 bits per heavy atom. The Morgan fingerprint density at radius 3 is 2.20 bits per heavy atom. The first-order chi connectivity index (χ1) is 16.9. The van der Waals surface area contributed by atoms with Crippen molar-refractivity contribution < 1.29 is 19.1 Å². The summed E-state index contributed by atoms with van der Waals surface area (Å²) in [4.78, 5) is 42.3. The van der Waals surface area contributed by atoms with Crippen LogP contribution < -0.4 is 9.64 Å². The third-order valence-corrected chi connectivity index (χ3v) is 6.23. The zero-order valence-electron chi connectivity index (χ0n) is 20.1. The van der Waals surface area contributed by atoms with E-state index >= 15 is 0 Å². The maximum atomic E-state index is 13.4. The van der Waals surface area contributed by atoms with Gasteiger partial charge in [0.2, 0.25) is 5.91 Å². The summed E-state index contributed by atoms with van der Waals surface area (Å²) >= 11 is 0. The normalized spacial score (nSPS) is 15.5. The summed E-state index contributed by atoms with van der Waals surface area (Å²) in [6.45, 7) is 4.28. The molecule has 4 rings (SSSR count). The third-order valence-electron chi connectivity index (χ3n) is 6.23. The lowest BCUT2D eigenvalue weighted by Crippen LogP contribution is -2.48. The van der Waals surface area contributed by atoms with E-state index in [0.717, 1.165) is 11.1 Å². The van der Waals surface area contributed by atoms with E-state index in [-0.39, 0.29) is 30.7 Å². The number of rotatable bonds is 9. The maximum absolute atomic E-state index is 13.4. The molecule has 6 nitrogen and oxygen atoms in total. The standard InChI is InChI=1S/C29H30N2O4/c1-21(2)23-13-15-24(16-14-23)31-27(32)19-26(29(31)34)30(18-17-22-9-5-3-6-10-22)28(33)20-35-25-11-7-4-8-12-25/h3-16,21,26H,17-20H2,1-2H3. The molecule has 1 aliphatic rings. The van der Waals surface area contributed by atoms with Crippen LogP contribution in [0.5, 0.6) is 5.75 Å². The van der Waals surface area contributed by atoms with Crippen LogP contribution in [0, 0.1) is 0 Å². The van der Waals surface area contributed by atoms with Crippen LogP contribution in [-0.4, -0.2) is 41.8 Å². The summed E-state index contributed by atoms with van der Waals surface area (Å²) in [7, 11) is 0. The number of ether oxygens (including phenoxy) is 1. The van der Waals surface area contributed by atoms with Gasteiger partial charge >= 0.3 is 0 Å². The molecule has 1 saturated heterocycles. The summed E-state index contributed by atoms with van der Waals surface area (Å²) in [5.41, 5.74) is 2.71. The monoisotopic (exact) mass is 470 g/mol. The minimum absolute atomic E-state index is 0.0450. The highest BCUT2D eigenvalue weighted by Gasteiger charge is 2.44. The lowest BCUT2D eigenvalue weighted by atomic mass is 10.0. The molecule has 1 unspecified atom stereocenters. The topological polar surface area (TPSA) is 66.9 Å². The van der Waals surface area contributed by atoms with Crippen LogP contribution in [0.3, 0.4) is 0 Å². The van der Waals surface area contributed by atoms with Crippen LogP contribution in [0.4, 0.5) is 5.69 Å². The van der Waals surface area contributed by atoms with Gasteiger partial charge in [0.25, 0.3) is 11.8 Å². The number of anilines is 1. The number of imide groups is 1. The fourth-order valence-electron chi connectivity index (χ4n) is 4.23. The van der Waals surface area contributed by atoms with Crippen molar-refractivity contribution in [3.8, 4) is 5.75 Å². The molecule has 1 atom stereocenters. The first kappa shape index (κ1) is 24.2. The predicted octanol–water partition coefficient (Wildman–Crippen LogP) is 4.59. The van der Waals surface area contributed by atoms with E-state index in [4.69, 9.17) is 4.74 Å². The minimum atomic E-state index is -0.858. The molecule has 1 aliphatic heterocycles. The van der Waals surface area contributed by atoms with Crippen LogP contribution in [0.15, 0.2) is 84.9 Å². The van der Waals surface area contributed by atoms with E-state index < -0.39 is 6.04 Å². The Balaban J connectivity index is 1.53. The molecule has 0 saturated carbocycles. The van der Waals surface area contributed by atoms with Crippen molar-refractivity contribution in [1.29, 1.82) is 0 Å². The van der Waals surface area contributed by atoms with Gasteiger partial charge in [0.05, 0.1) is 12.1 Å². The quantitative estimate of drug-likeness (QED) is 0.429. The summed E-state index contributed by atoms with van der Waals surface area (Å²) in [6.07, 6.45) is 0.523. The van der Waals surface area contributed by atoms with Gasteiger partial charge in [0, 0.05) is 6.54 Å². The van der Waals surface area contributed by atoms with Crippen molar-refractivity contribution in [2.24, 2.45) is 0 Å². The Hall–Kier alpha value is -3.93. The number of hydrogen-bond donors (Lipinski definition) is 0. The molecule has 0 bridgehead atoms. The van der Waals surface area contributed by atoms with Crippen molar-refractivity contribution in [3.63, 3.8) is 0 Å². The van der Waals surface area contributed by atoms with Gasteiger partial charge in [-0.1, -0.05) is 74.5 Å². The molecule has 0 N–H and O–H groups in total. The van der Waals surface area contributed by atoms with E-state index in [0.29, 0.717) is 30.3 Å². The lowest BCUT2D eigenvalue weighted by Gasteiger charge is -2.28. The average Bonchev–Trinajstić information content (AvgIpc) is 3.17. The minimum Gasteiger partial charge on any atom is -0.484 e. The van der Waals surface area contributed by atoms with Crippen LogP contribution in [-0.2, 0) is 20.8 Å². The molecule has 3 aromatic rings. The van der Waals surface area contributed by atoms with Crippen molar-refractivity contribution in [2.75, 3.05) is 18.1 Å². The summed E-state index contributed by atoms with van der Waals surface area (Å²) in [5.74, 6) is -0.0952.